The van der Waals surface area contributed by atoms with E-state index in [9.17, 15) is 14.4 Å². The number of esters is 3. The van der Waals surface area contributed by atoms with Gasteiger partial charge in [-0.15, -0.1) is 0 Å². The van der Waals surface area contributed by atoms with Crippen LogP contribution in [0.3, 0.4) is 0 Å². The molecule has 6 nitrogen and oxygen atoms in total. The largest absolute Gasteiger partial charge is 0.423 e. The predicted octanol–water partition coefficient (Wildman–Crippen LogP) is 2.02. The van der Waals surface area contributed by atoms with Crippen LogP contribution in [0.5, 0.6) is 0 Å². The smallest absolute Gasteiger partial charge is 0.385 e. The number of rotatable bonds is 8. The second kappa shape index (κ2) is 7.93. The van der Waals surface area contributed by atoms with Gasteiger partial charge in [-0.1, -0.05) is 33.6 Å². The molecule has 0 fully saturated rings. The fraction of sp³-hybridized carbons (Fsp3) is 0.357. The van der Waals surface area contributed by atoms with Gasteiger partial charge in [-0.25, -0.2) is 14.4 Å². The standard InChI is InChI=1S/C14H18O6/c1-6-10(5)13(17)20-14(9-4,18-11(15)7-2)19-12(16)8-3/h7-8H,2-3,5-6,9H2,1,4H3. The quantitative estimate of drug-likeness (QED) is 0.385. The number of hydrogen-bond acceptors (Lipinski definition) is 6. The Kier molecular flexibility index (Phi) is 6.99. The fourth-order valence-corrected chi connectivity index (χ4v) is 1.03. The van der Waals surface area contributed by atoms with Crippen LogP contribution in [-0.4, -0.2) is 23.9 Å². The van der Waals surface area contributed by atoms with E-state index in [4.69, 9.17) is 14.2 Å². The van der Waals surface area contributed by atoms with Crippen LogP contribution in [0.15, 0.2) is 37.5 Å². The van der Waals surface area contributed by atoms with Crippen molar-refractivity contribution in [2.24, 2.45) is 0 Å². The van der Waals surface area contributed by atoms with Gasteiger partial charge in [0, 0.05) is 17.7 Å². The summed E-state index contributed by atoms with van der Waals surface area (Å²) in [5, 5.41) is 0. The van der Waals surface area contributed by atoms with E-state index in [1.165, 1.54) is 6.92 Å². The number of ether oxygens (including phenoxy) is 3. The lowest BCUT2D eigenvalue weighted by molar-refractivity contribution is -0.325. The van der Waals surface area contributed by atoms with Gasteiger partial charge in [0.25, 0.3) is 0 Å². The summed E-state index contributed by atoms with van der Waals surface area (Å²) in [6, 6.07) is 0. The van der Waals surface area contributed by atoms with Gasteiger partial charge in [0.15, 0.2) is 0 Å². The number of carbonyl (C=O) groups excluding carboxylic acids is 3. The number of carbonyl (C=O) groups is 3. The average Bonchev–Trinajstić information content (AvgIpc) is 2.45. The zero-order valence-electron chi connectivity index (χ0n) is 11.6. The molecule has 6 heteroatoms. The van der Waals surface area contributed by atoms with Crippen LogP contribution >= 0.6 is 0 Å². The molecular formula is C14H18O6. The Hall–Kier alpha value is -2.37. The van der Waals surface area contributed by atoms with Crippen molar-refractivity contribution < 1.29 is 28.6 Å². The van der Waals surface area contributed by atoms with Crippen molar-refractivity contribution in [1.82, 2.24) is 0 Å². The highest BCUT2D eigenvalue weighted by Gasteiger charge is 2.41. The third-order valence-electron chi connectivity index (χ3n) is 2.24. The van der Waals surface area contributed by atoms with Crippen molar-refractivity contribution in [3.63, 3.8) is 0 Å². The molecule has 0 rings (SSSR count). The molecule has 0 bridgehead atoms. The van der Waals surface area contributed by atoms with Crippen molar-refractivity contribution >= 4 is 17.9 Å². The van der Waals surface area contributed by atoms with E-state index in [0.717, 1.165) is 12.2 Å². The minimum Gasteiger partial charge on any atom is -0.385 e. The van der Waals surface area contributed by atoms with E-state index < -0.39 is 23.9 Å². The van der Waals surface area contributed by atoms with Crippen molar-refractivity contribution in [3.05, 3.63) is 37.5 Å². The Morgan fingerprint density at radius 3 is 1.75 bits per heavy atom. The second-order valence-electron chi connectivity index (χ2n) is 3.63. The van der Waals surface area contributed by atoms with Gasteiger partial charge in [0.1, 0.15) is 0 Å². The molecule has 20 heavy (non-hydrogen) atoms. The molecule has 0 aromatic heterocycles. The van der Waals surface area contributed by atoms with Crippen molar-refractivity contribution in [3.8, 4) is 0 Å². The molecule has 0 aliphatic carbocycles. The third kappa shape index (κ3) is 5.09. The summed E-state index contributed by atoms with van der Waals surface area (Å²) in [5.74, 6) is -4.80. The van der Waals surface area contributed by atoms with Crippen LogP contribution in [0.25, 0.3) is 0 Å². The topological polar surface area (TPSA) is 78.9 Å². The molecule has 110 valence electrons. The molecule has 0 saturated carbocycles. The molecule has 0 saturated heterocycles. The molecule has 0 spiro atoms. The fourth-order valence-electron chi connectivity index (χ4n) is 1.03. The Morgan fingerprint density at radius 2 is 1.45 bits per heavy atom. The minimum absolute atomic E-state index is 0.102. The highest BCUT2D eigenvalue weighted by Crippen LogP contribution is 2.23. The summed E-state index contributed by atoms with van der Waals surface area (Å²) >= 11 is 0. The Bertz CT molecular complexity index is 413. The van der Waals surface area contributed by atoms with Gasteiger partial charge in [-0.05, 0) is 6.42 Å². The van der Waals surface area contributed by atoms with E-state index in [1.54, 1.807) is 6.92 Å². The molecule has 0 aromatic rings. The first-order valence-corrected chi connectivity index (χ1v) is 5.96. The maximum atomic E-state index is 11.7. The SMILES string of the molecule is C=CC(=O)OC(CC)(OC(=O)C=C)OC(=O)C(=C)CC. The molecule has 0 aliphatic heterocycles. The molecule has 0 unspecified atom stereocenters. The first-order chi connectivity index (χ1) is 9.33. The molecule has 0 radical (unpaired) electrons. The van der Waals surface area contributed by atoms with Crippen LogP contribution in [0, 0.1) is 0 Å². The van der Waals surface area contributed by atoms with Crippen molar-refractivity contribution in [2.45, 2.75) is 32.7 Å². The van der Waals surface area contributed by atoms with E-state index in [2.05, 4.69) is 19.7 Å². The van der Waals surface area contributed by atoms with Gasteiger partial charge in [-0.3, -0.25) is 0 Å². The molecule has 0 N–H and O–H groups in total. The van der Waals surface area contributed by atoms with Crippen LogP contribution in [-0.2, 0) is 28.6 Å². The molecule has 0 aromatic carbocycles. The maximum Gasteiger partial charge on any atom is 0.423 e. The lowest BCUT2D eigenvalue weighted by Crippen LogP contribution is -2.43. The van der Waals surface area contributed by atoms with Gasteiger partial charge >= 0.3 is 23.9 Å². The van der Waals surface area contributed by atoms with Crippen molar-refractivity contribution in [1.29, 1.82) is 0 Å². The molecule has 0 amide bonds. The lowest BCUT2D eigenvalue weighted by atomic mass is 10.2. The monoisotopic (exact) mass is 282 g/mol. The summed E-state index contributed by atoms with van der Waals surface area (Å²) < 4.78 is 14.6. The van der Waals surface area contributed by atoms with Gasteiger partial charge in [0.2, 0.25) is 0 Å². The molecule has 0 atom stereocenters. The summed E-state index contributed by atoms with van der Waals surface area (Å²) in [7, 11) is 0. The highest BCUT2D eigenvalue weighted by atomic mass is 16.9. The van der Waals surface area contributed by atoms with Crippen LogP contribution < -0.4 is 0 Å². The zero-order chi connectivity index (χ0) is 15.8. The van der Waals surface area contributed by atoms with Gasteiger partial charge in [0.05, 0.1) is 6.42 Å². The summed E-state index contributed by atoms with van der Waals surface area (Å²) in [5.41, 5.74) is 0.145. The van der Waals surface area contributed by atoms with Crippen LogP contribution in [0.4, 0.5) is 0 Å². The van der Waals surface area contributed by atoms with Crippen molar-refractivity contribution in [2.75, 3.05) is 0 Å². The normalized spacial score (nSPS) is 10.1. The van der Waals surface area contributed by atoms with Gasteiger partial charge < -0.3 is 14.2 Å². The molecule has 0 aliphatic rings. The Balaban J connectivity index is 5.28. The highest BCUT2D eigenvalue weighted by molar-refractivity contribution is 5.88. The van der Waals surface area contributed by atoms with E-state index in [0.29, 0.717) is 6.42 Å². The summed E-state index contributed by atoms with van der Waals surface area (Å²) in [4.78, 5) is 34.3. The average molecular weight is 282 g/mol. The van der Waals surface area contributed by atoms with Gasteiger partial charge in [-0.2, -0.15) is 0 Å². The Morgan fingerprint density at radius 1 is 1.00 bits per heavy atom. The van der Waals surface area contributed by atoms with Crippen LogP contribution in [0.1, 0.15) is 26.7 Å². The summed E-state index contributed by atoms with van der Waals surface area (Å²) in [6.07, 6.45) is 1.95. The molecular weight excluding hydrogens is 264 g/mol. The van der Waals surface area contributed by atoms with Crippen LogP contribution in [0.2, 0.25) is 0 Å². The third-order valence-corrected chi connectivity index (χ3v) is 2.24. The van der Waals surface area contributed by atoms with E-state index in [-0.39, 0.29) is 12.0 Å². The first-order valence-electron chi connectivity index (χ1n) is 5.96. The summed E-state index contributed by atoms with van der Waals surface area (Å²) in [6.45, 7) is 13.1. The first kappa shape index (κ1) is 17.6. The van der Waals surface area contributed by atoms with E-state index >= 15 is 0 Å². The van der Waals surface area contributed by atoms with E-state index in [1.807, 2.05) is 0 Å². The minimum atomic E-state index is -2.16. The zero-order valence-corrected chi connectivity index (χ0v) is 11.6. The number of hydrogen-bond donors (Lipinski definition) is 0. The lowest BCUT2D eigenvalue weighted by Gasteiger charge is -2.29. The molecule has 0 heterocycles. The maximum absolute atomic E-state index is 11.7. The predicted molar refractivity (Wildman–Crippen MR) is 71.1 cm³/mol. The Labute approximate surface area is 117 Å². The second-order valence-corrected chi connectivity index (χ2v) is 3.63.